The first-order valence-electron chi connectivity index (χ1n) is 9.07. The van der Waals surface area contributed by atoms with E-state index in [1.807, 2.05) is 37.3 Å². The van der Waals surface area contributed by atoms with Crippen LogP contribution < -0.4 is 10.6 Å². The summed E-state index contributed by atoms with van der Waals surface area (Å²) in [6.45, 7) is 4.43. The molecule has 6 heteroatoms. The van der Waals surface area contributed by atoms with Crippen molar-refractivity contribution in [2.24, 2.45) is 5.92 Å². The van der Waals surface area contributed by atoms with Crippen molar-refractivity contribution in [2.75, 3.05) is 17.2 Å². The van der Waals surface area contributed by atoms with Crippen molar-refractivity contribution < 1.29 is 9.53 Å². The second-order valence-corrected chi connectivity index (χ2v) is 7.90. The molecular formula is C20H24N2O2S2. The highest BCUT2D eigenvalue weighted by Crippen LogP contribution is 2.40. The molecule has 0 bridgehead atoms. The summed E-state index contributed by atoms with van der Waals surface area (Å²) in [5.41, 5.74) is 2.72. The minimum Gasteiger partial charge on any atom is -0.462 e. The summed E-state index contributed by atoms with van der Waals surface area (Å²) in [5, 5.41) is 7.66. The standard InChI is InChI=1S/C20H24N2O2S2/c1-3-13-10-11-15-16(12-13)26-18(17(15)19(23)24-4-2)22-20(25)21-14-8-6-5-7-9-14/h5-9,13H,3-4,10-12H2,1-2H3,(H2,21,22,25). The number of hydrogen-bond donors (Lipinski definition) is 2. The Bertz CT molecular complexity index is 787. The molecule has 1 heterocycles. The molecule has 0 radical (unpaired) electrons. The van der Waals surface area contributed by atoms with E-state index in [9.17, 15) is 4.79 Å². The van der Waals surface area contributed by atoms with Crippen LogP contribution in [0, 0.1) is 5.92 Å². The molecule has 138 valence electrons. The van der Waals surface area contributed by atoms with Gasteiger partial charge in [0.2, 0.25) is 0 Å². The highest BCUT2D eigenvalue weighted by molar-refractivity contribution is 7.80. The summed E-state index contributed by atoms with van der Waals surface area (Å²) >= 11 is 7.08. The molecule has 1 atom stereocenters. The number of nitrogens with one attached hydrogen (secondary N) is 2. The smallest absolute Gasteiger partial charge is 0.341 e. The van der Waals surface area contributed by atoms with Crippen molar-refractivity contribution >= 4 is 45.3 Å². The van der Waals surface area contributed by atoms with Gasteiger partial charge in [-0.1, -0.05) is 31.5 Å². The number of para-hydroxylation sites is 1. The summed E-state index contributed by atoms with van der Waals surface area (Å²) in [4.78, 5) is 13.9. The van der Waals surface area contributed by atoms with Crippen molar-refractivity contribution in [3.63, 3.8) is 0 Å². The van der Waals surface area contributed by atoms with Gasteiger partial charge in [-0.2, -0.15) is 0 Å². The highest BCUT2D eigenvalue weighted by atomic mass is 32.1. The zero-order valence-corrected chi connectivity index (χ0v) is 16.8. The highest BCUT2D eigenvalue weighted by Gasteiger charge is 2.29. The van der Waals surface area contributed by atoms with Crippen LogP contribution in [0.3, 0.4) is 0 Å². The Hall–Kier alpha value is -1.92. The summed E-state index contributed by atoms with van der Waals surface area (Å²) in [7, 11) is 0. The van der Waals surface area contributed by atoms with Crippen LogP contribution in [0.4, 0.5) is 10.7 Å². The first kappa shape index (κ1) is 18.9. The molecule has 3 rings (SSSR count). The number of carbonyl (C=O) groups is 1. The maximum Gasteiger partial charge on any atom is 0.341 e. The van der Waals surface area contributed by atoms with E-state index in [0.29, 0.717) is 23.2 Å². The van der Waals surface area contributed by atoms with Gasteiger partial charge < -0.3 is 15.4 Å². The fraction of sp³-hybridized carbons (Fsp3) is 0.400. The molecule has 0 spiro atoms. The lowest BCUT2D eigenvalue weighted by molar-refractivity contribution is 0.0526. The van der Waals surface area contributed by atoms with E-state index in [-0.39, 0.29) is 5.97 Å². The van der Waals surface area contributed by atoms with Gasteiger partial charge in [0.15, 0.2) is 5.11 Å². The molecule has 4 nitrogen and oxygen atoms in total. The fourth-order valence-corrected chi connectivity index (χ4v) is 4.94. The van der Waals surface area contributed by atoms with Gasteiger partial charge in [0.25, 0.3) is 0 Å². The number of benzene rings is 1. The third-order valence-corrected chi connectivity index (χ3v) is 6.06. The second-order valence-electron chi connectivity index (χ2n) is 6.39. The van der Waals surface area contributed by atoms with Crippen molar-refractivity contribution in [1.29, 1.82) is 0 Å². The van der Waals surface area contributed by atoms with E-state index in [2.05, 4.69) is 17.6 Å². The third kappa shape index (κ3) is 4.24. The molecule has 1 aromatic carbocycles. The fourth-order valence-electron chi connectivity index (χ4n) is 3.30. The topological polar surface area (TPSA) is 50.4 Å². The lowest BCUT2D eigenvalue weighted by Crippen LogP contribution is -2.20. The van der Waals surface area contributed by atoms with Crippen LogP contribution in [0.2, 0.25) is 0 Å². The molecule has 1 aliphatic carbocycles. The number of esters is 1. The molecule has 0 saturated heterocycles. The monoisotopic (exact) mass is 388 g/mol. The number of thiophene rings is 1. The molecule has 1 aromatic heterocycles. The van der Waals surface area contributed by atoms with Crippen LogP contribution in [0.1, 0.15) is 47.5 Å². The Morgan fingerprint density at radius 2 is 2.04 bits per heavy atom. The first-order valence-corrected chi connectivity index (χ1v) is 10.3. The molecule has 0 fully saturated rings. The Labute approximate surface area is 164 Å². The van der Waals surface area contributed by atoms with Crippen molar-refractivity contribution in [2.45, 2.75) is 39.5 Å². The van der Waals surface area contributed by atoms with Gasteiger partial charge in [-0.15, -0.1) is 11.3 Å². The van der Waals surface area contributed by atoms with E-state index >= 15 is 0 Å². The third-order valence-electron chi connectivity index (χ3n) is 4.68. The molecule has 1 unspecified atom stereocenters. The summed E-state index contributed by atoms with van der Waals surface area (Å²) in [6, 6.07) is 9.75. The minimum absolute atomic E-state index is 0.259. The largest absolute Gasteiger partial charge is 0.462 e. The quantitative estimate of drug-likeness (QED) is 0.541. The summed E-state index contributed by atoms with van der Waals surface area (Å²) < 4.78 is 5.31. The normalized spacial score (nSPS) is 15.8. The van der Waals surface area contributed by atoms with Crippen LogP contribution in [-0.4, -0.2) is 17.7 Å². The van der Waals surface area contributed by atoms with Crippen molar-refractivity contribution in [3.05, 3.63) is 46.3 Å². The van der Waals surface area contributed by atoms with Crippen molar-refractivity contribution in [1.82, 2.24) is 0 Å². The second kappa shape index (κ2) is 8.64. The maximum absolute atomic E-state index is 12.6. The zero-order chi connectivity index (χ0) is 18.5. The van der Waals surface area contributed by atoms with E-state index in [1.54, 1.807) is 11.3 Å². The molecular weight excluding hydrogens is 364 g/mol. The van der Waals surface area contributed by atoms with Gasteiger partial charge in [-0.3, -0.25) is 0 Å². The molecule has 2 N–H and O–H groups in total. The Morgan fingerprint density at radius 3 is 2.73 bits per heavy atom. The van der Waals surface area contributed by atoms with Gasteiger partial charge in [-0.05, 0) is 62.0 Å². The molecule has 26 heavy (non-hydrogen) atoms. The molecule has 0 aliphatic heterocycles. The molecule has 0 saturated carbocycles. The van der Waals surface area contributed by atoms with E-state index in [0.717, 1.165) is 35.5 Å². The number of fused-ring (bicyclic) bond motifs is 1. The lowest BCUT2D eigenvalue weighted by atomic mass is 9.86. The number of rotatable bonds is 5. The average Bonchev–Trinajstić information content (AvgIpc) is 2.99. The maximum atomic E-state index is 12.6. The molecule has 0 amide bonds. The predicted molar refractivity (Wildman–Crippen MR) is 112 cm³/mol. The van der Waals surface area contributed by atoms with Crippen LogP contribution in [0.15, 0.2) is 30.3 Å². The van der Waals surface area contributed by atoms with Crippen LogP contribution in [0.25, 0.3) is 0 Å². The summed E-state index contributed by atoms with van der Waals surface area (Å²) in [5.74, 6) is 0.434. The number of anilines is 2. The Kier molecular flexibility index (Phi) is 6.27. The average molecular weight is 389 g/mol. The first-order chi connectivity index (χ1) is 12.6. The SMILES string of the molecule is CCOC(=O)c1c(NC(=S)Nc2ccccc2)sc2c1CCC(CC)C2. The number of thiocarbonyl (C=S) groups is 1. The Morgan fingerprint density at radius 1 is 1.27 bits per heavy atom. The molecule has 1 aliphatic rings. The van der Waals surface area contributed by atoms with E-state index in [1.165, 1.54) is 11.3 Å². The van der Waals surface area contributed by atoms with E-state index < -0.39 is 0 Å². The van der Waals surface area contributed by atoms with Crippen molar-refractivity contribution in [3.8, 4) is 0 Å². The van der Waals surface area contributed by atoms with Gasteiger partial charge in [0.05, 0.1) is 12.2 Å². The zero-order valence-electron chi connectivity index (χ0n) is 15.1. The van der Waals surface area contributed by atoms with Crippen LogP contribution in [0.5, 0.6) is 0 Å². The number of hydrogen-bond acceptors (Lipinski definition) is 4. The van der Waals surface area contributed by atoms with Gasteiger partial charge >= 0.3 is 5.97 Å². The van der Waals surface area contributed by atoms with Gasteiger partial charge in [0.1, 0.15) is 5.00 Å². The van der Waals surface area contributed by atoms with Crippen LogP contribution in [-0.2, 0) is 17.6 Å². The van der Waals surface area contributed by atoms with Crippen LogP contribution >= 0.6 is 23.6 Å². The number of ether oxygens (including phenoxy) is 1. The van der Waals surface area contributed by atoms with Gasteiger partial charge in [0, 0.05) is 10.6 Å². The molecule has 2 aromatic rings. The Balaban J connectivity index is 1.84. The van der Waals surface area contributed by atoms with E-state index in [4.69, 9.17) is 17.0 Å². The van der Waals surface area contributed by atoms with Gasteiger partial charge in [-0.25, -0.2) is 4.79 Å². The lowest BCUT2D eigenvalue weighted by Gasteiger charge is -2.21. The number of carbonyl (C=O) groups excluding carboxylic acids is 1. The summed E-state index contributed by atoms with van der Waals surface area (Å²) in [6.07, 6.45) is 4.25. The predicted octanol–water partition coefficient (Wildman–Crippen LogP) is 5.25. The minimum atomic E-state index is -0.259.